The van der Waals surface area contributed by atoms with Gasteiger partial charge >= 0.3 is 0 Å². The molecule has 1 aliphatic carbocycles. The Labute approximate surface area is 219 Å². The first kappa shape index (κ1) is 25.7. The molecule has 3 heterocycles. The van der Waals surface area contributed by atoms with E-state index >= 15 is 0 Å². The SMILES string of the molecule is N#CC1(NC(=O)[C@@H](CC(=O)N2CCOCC2)CC2CCCCC2)CCN(Cc2c[nH]c3ccccc23)C1. The summed E-state index contributed by atoms with van der Waals surface area (Å²) < 4.78 is 5.40. The second-order valence-electron chi connectivity index (χ2n) is 11.1. The third-order valence-electron chi connectivity index (χ3n) is 8.49. The van der Waals surface area contributed by atoms with Crippen molar-refractivity contribution in [2.45, 2.75) is 63.5 Å². The normalized spacial score (nSPS) is 24.1. The number of aromatic amines is 1. The van der Waals surface area contributed by atoms with Crippen LogP contribution in [0.1, 0.15) is 56.9 Å². The van der Waals surface area contributed by atoms with E-state index in [1.807, 2.05) is 23.2 Å². The van der Waals surface area contributed by atoms with E-state index in [4.69, 9.17) is 4.74 Å². The van der Waals surface area contributed by atoms with Crippen LogP contribution >= 0.6 is 0 Å². The summed E-state index contributed by atoms with van der Waals surface area (Å²) in [5.41, 5.74) is 1.38. The van der Waals surface area contributed by atoms with Crippen LogP contribution in [0.15, 0.2) is 30.5 Å². The number of carbonyl (C=O) groups is 2. The number of fused-ring (bicyclic) bond motifs is 1. The lowest BCUT2D eigenvalue weighted by molar-refractivity contribution is -0.140. The third-order valence-corrected chi connectivity index (χ3v) is 8.49. The fourth-order valence-corrected chi connectivity index (χ4v) is 6.35. The predicted molar refractivity (Wildman–Crippen MR) is 141 cm³/mol. The number of nitrogens with one attached hydrogen (secondary N) is 2. The molecule has 2 atom stereocenters. The lowest BCUT2D eigenvalue weighted by atomic mass is 9.81. The van der Waals surface area contributed by atoms with Crippen LogP contribution in [0.25, 0.3) is 10.9 Å². The Hall–Kier alpha value is -2.89. The highest BCUT2D eigenvalue weighted by atomic mass is 16.5. The maximum Gasteiger partial charge on any atom is 0.224 e. The Kier molecular flexibility index (Phi) is 8.11. The minimum atomic E-state index is -0.921. The molecule has 1 aromatic carbocycles. The number of likely N-dealkylation sites (tertiary alicyclic amines) is 1. The molecule has 1 unspecified atom stereocenters. The van der Waals surface area contributed by atoms with Gasteiger partial charge in [-0.3, -0.25) is 14.5 Å². The zero-order chi connectivity index (χ0) is 25.7. The number of aromatic nitrogens is 1. The number of nitriles is 1. The molecule has 2 aliphatic heterocycles. The van der Waals surface area contributed by atoms with Gasteiger partial charge < -0.3 is 19.9 Å². The van der Waals surface area contributed by atoms with Gasteiger partial charge in [-0.05, 0) is 30.4 Å². The van der Waals surface area contributed by atoms with Crippen molar-refractivity contribution in [2.75, 3.05) is 39.4 Å². The van der Waals surface area contributed by atoms with Gasteiger partial charge in [-0.25, -0.2) is 0 Å². The molecule has 3 aliphatic rings. The average Bonchev–Trinajstić information content (AvgIpc) is 3.54. The molecule has 1 aromatic heterocycles. The number of para-hydroxylation sites is 1. The first-order valence-corrected chi connectivity index (χ1v) is 13.9. The first-order valence-electron chi connectivity index (χ1n) is 13.9. The van der Waals surface area contributed by atoms with Gasteiger partial charge in [0.1, 0.15) is 5.54 Å². The van der Waals surface area contributed by atoms with Gasteiger partial charge in [-0.15, -0.1) is 0 Å². The minimum absolute atomic E-state index is 0.0256. The quantitative estimate of drug-likeness (QED) is 0.571. The van der Waals surface area contributed by atoms with Crippen molar-refractivity contribution < 1.29 is 14.3 Å². The highest BCUT2D eigenvalue weighted by Gasteiger charge is 2.42. The van der Waals surface area contributed by atoms with Gasteiger partial charge in [-0.2, -0.15) is 5.26 Å². The number of hydrogen-bond acceptors (Lipinski definition) is 5. The summed E-state index contributed by atoms with van der Waals surface area (Å²) in [5, 5.41) is 14.5. The molecule has 2 aromatic rings. The molecule has 8 heteroatoms. The number of morpholine rings is 1. The summed E-state index contributed by atoms with van der Waals surface area (Å²) in [6.07, 6.45) is 9.45. The van der Waals surface area contributed by atoms with Crippen LogP contribution in [-0.4, -0.2) is 71.5 Å². The molecule has 0 radical (unpaired) electrons. The predicted octanol–water partition coefficient (Wildman–Crippen LogP) is 3.59. The lowest BCUT2D eigenvalue weighted by Crippen LogP contribution is -2.52. The Bertz CT molecular complexity index is 1130. The van der Waals surface area contributed by atoms with E-state index in [9.17, 15) is 14.9 Å². The molecule has 0 spiro atoms. The van der Waals surface area contributed by atoms with Crippen molar-refractivity contribution in [3.05, 3.63) is 36.0 Å². The topological polar surface area (TPSA) is 101 Å². The largest absolute Gasteiger partial charge is 0.378 e. The van der Waals surface area contributed by atoms with Crippen molar-refractivity contribution in [3.63, 3.8) is 0 Å². The third kappa shape index (κ3) is 6.16. The van der Waals surface area contributed by atoms with E-state index in [1.165, 1.54) is 30.2 Å². The number of benzene rings is 1. The molecular formula is C29H39N5O3. The maximum atomic E-state index is 13.7. The van der Waals surface area contributed by atoms with Crippen LogP contribution in [0.2, 0.25) is 0 Å². The molecule has 2 N–H and O–H groups in total. The Balaban J connectivity index is 1.25. The molecule has 8 nitrogen and oxygen atoms in total. The van der Waals surface area contributed by atoms with Crippen molar-refractivity contribution in [1.29, 1.82) is 5.26 Å². The summed E-state index contributed by atoms with van der Waals surface area (Å²) >= 11 is 0. The van der Waals surface area contributed by atoms with Crippen LogP contribution in [0.5, 0.6) is 0 Å². The van der Waals surface area contributed by atoms with E-state index in [2.05, 4.69) is 33.4 Å². The monoisotopic (exact) mass is 505 g/mol. The Morgan fingerprint density at radius 3 is 2.73 bits per heavy atom. The number of ether oxygens (including phenoxy) is 1. The van der Waals surface area contributed by atoms with E-state index in [-0.39, 0.29) is 18.2 Å². The van der Waals surface area contributed by atoms with E-state index in [0.717, 1.165) is 37.9 Å². The van der Waals surface area contributed by atoms with Gasteiger partial charge in [0.25, 0.3) is 0 Å². The Morgan fingerprint density at radius 1 is 1.16 bits per heavy atom. The van der Waals surface area contributed by atoms with Crippen LogP contribution < -0.4 is 5.32 Å². The fourth-order valence-electron chi connectivity index (χ4n) is 6.35. The van der Waals surface area contributed by atoms with Gasteiger partial charge in [0.05, 0.1) is 19.3 Å². The molecule has 1 saturated carbocycles. The highest BCUT2D eigenvalue weighted by molar-refractivity contribution is 5.86. The molecular weight excluding hydrogens is 466 g/mol. The number of nitrogens with zero attached hydrogens (tertiary/aromatic N) is 3. The van der Waals surface area contributed by atoms with E-state index in [1.54, 1.807) is 0 Å². The highest BCUT2D eigenvalue weighted by Crippen LogP contribution is 2.32. The van der Waals surface area contributed by atoms with Crippen LogP contribution in [-0.2, 0) is 20.9 Å². The van der Waals surface area contributed by atoms with Crippen molar-refractivity contribution in [2.24, 2.45) is 11.8 Å². The first-order chi connectivity index (χ1) is 18.0. The second kappa shape index (κ2) is 11.7. The Morgan fingerprint density at radius 2 is 1.95 bits per heavy atom. The number of carbonyl (C=O) groups excluding carboxylic acids is 2. The van der Waals surface area contributed by atoms with Crippen molar-refractivity contribution in [1.82, 2.24) is 20.1 Å². The van der Waals surface area contributed by atoms with Crippen LogP contribution in [0.3, 0.4) is 0 Å². The van der Waals surface area contributed by atoms with Crippen LogP contribution in [0, 0.1) is 23.2 Å². The fraction of sp³-hybridized carbons (Fsp3) is 0.621. The number of H-pyrrole nitrogens is 1. The summed E-state index contributed by atoms with van der Waals surface area (Å²) in [5.74, 6) is -0.0337. The van der Waals surface area contributed by atoms with E-state index in [0.29, 0.717) is 45.2 Å². The van der Waals surface area contributed by atoms with Crippen molar-refractivity contribution >= 4 is 22.7 Å². The zero-order valence-corrected chi connectivity index (χ0v) is 21.7. The van der Waals surface area contributed by atoms with Crippen LogP contribution in [0.4, 0.5) is 0 Å². The van der Waals surface area contributed by atoms with Gasteiger partial charge in [0, 0.05) is 62.2 Å². The molecule has 0 bridgehead atoms. The summed E-state index contributed by atoms with van der Waals surface area (Å²) in [6, 6.07) is 10.7. The summed E-state index contributed by atoms with van der Waals surface area (Å²) in [6.45, 7) is 4.23. The molecule has 5 rings (SSSR count). The molecule has 3 fully saturated rings. The molecule has 37 heavy (non-hydrogen) atoms. The molecule has 2 saturated heterocycles. The number of hydrogen-bond donors (Lipinski definition) is 2. The molecule has 198 valence electrons. The van der Waals surface area contributed by atoms with Gasteiger partial charge in [-0.1, -0.05) is 50.3 Å². The van der Waals surface area contributed by atoms with E-state index < -0.39 is 11.5 Å². The molecule has 2 amide bonds. The average molecular weight is 506 g/mol. The van der Waals surface area contributed by atoms with Gasteiger partial charge in [0.15, 0.2) is 0 Å². The zero-order valence-electron chi connectivity index (χ0n) is 21.7. The maximum absolute atomic E-state index is 13.7. The minimum Gasteiger partial charge on any atom is -0.378 e. The summed E-state index contributed by atoms with van der Waals surface area (Å²) in [7, 11) is 0. The second-order valence-corrected chi connectivity index (χ2v) is 11.1. The summed E-state index contributed by atoms with van der Waals surface area (Å²) in [4.78, 5) is 34.2. The van der Waals surface area contributed by atoms with Gasteiger partial charge in [0.2, 0.25) is 11.8 Å². The number of amides is 2. The number of rotatable bonds is 8. The lowest BCUT2D eigenvalue weighted by Gasteiger charge is -2.32. The smallest absolute Gasteiger partial charge is 0.224 e. The van der Waals surface area contributed by atoms with Crippen molar-refractivity contribution in [3.8, 4) is 6.07 Å². The standard InChI is InChI=1S/C29H39N5O3/c30-20-29(10-11-33(21-29)19-24-18-31-26-9-5-4-8-25(24)26)32-28(36)23(16-22-6-2-1-3-7-22)17-27(35)34-12-14-37-15-13-34/h4-5,8-9,18,22-23,31H,1-3,6-7,10-17,19,21H2,(H,32,36)/t23-,29?/m1/s1.